The molecule has 0 amide bonds. The lowest BCUT2D eigenvalue weighted by molar-refractivity contribution is 0.0613. The number of aryl methyl sites for hydroxylation is 2. The molecule has 0 saturated heterocycles. The van der Waals surface area contributed by atoms with Gasteiger partial charge in [-0.3, -0.25) is 0 Å². The molecular weight excluding hydrogens is 462 g/mol. The van der Waals surface area contributed by atoms with Crippen molar-refractivity contribution < 1.29 is 9.47 Å². The van der Waals surface area contributed by atoms with Crippen LogP contribution in [0.1, 0.15) is 83.7 Å². The molecule has 7 nitrogen and oxygen atoms in total. The van der Waals surface area contributed by atoms with Crippen molar-refractivity contribution in [3.8, 4) is 0 Å². The summed E-state index contributed by atoms with van der Waals surface area (Å²) in [7, 11) is 0. The minimum atomic E-state index is 0.0464. The number of rotatable bonds is 6. The Hall–Kier alpha value is -3.42. The Labute approximate surface area is 218 Å². The first-order chi connectivity index (χ1) is 18.1. The Kier molecular flexibility index (Phi) is 6.34. The number of ether oxygens (including phenoxy) is 2. The van der Waals surface area contributed by atoms with Crippen LogP contribution in [0.2, 0.25) is 0 Å². The van der Waals surface area contributed by atoms with Crippen molar-refractivity contribution in [2.45, 2.75) is 65.6 Å². The van der Waals surface area contributed by atoms with Gasteiger partial charge in [0.2, 0.25) is 0 Å². The van der Waals surface area contributed by atoms with Gasteiger partial charge in [-0.2, -0.15) is 0 Å². The van der Waals surface area contributed by atoms with Crippen LogP contribution in [0, 0.1) is 13.8 Å². The molecule has 0 unspecified atom stereocenters. The molecule has 1 N–H and O–H groups in total. The lowest BCUT2D eigenvalue weighted by Crippen LogP contribution is -2.14. The van der Waals surface area contributed by atoms with Crippen LogP contribution in [0.3, 0.4) is 0 Å². The first-order valence-corrected chi connectivity index (χ1v) is 13.3. The molecule has 0 spiro atoms. The maximum absolute atomic E-state index is 5.96. The molecule has 0 bridgehead atoms. The minimum absolute atomic E-state index is 0.0464. The van der Waals surface area contributed by atoms with E-state index in [2.05, 4.69) is 43.4 Å². The summed E-state index contributed by atoms with van der Waals surface area (Å²) in [5.74, 6) is 2.85. The summed E-state index contributed by atoms with van der Waals surface area (Å²) in [4.78, 5) is 19.7. The summed E-state index contributed by atoms with van der Waals surface area (Å²) in [6.07, 6.45) is 4.08. The highest BCUT2D eigenvalue weighted by Gasteiger charge is 2.29. The molecule has 1 aliphatic heterocycles. The third-order valence-corrected chi connectivity index (χ3v) is 7.51. The first kappa shape index (κ1) is 23.9. The number of nitrogens with zero attached hydrogens (tertiary/aromatic N) is 4. The van der Waals surface area contributed by atoms with Crippen molar-refractivity contribution in [2.75, 3.05) is 18.5 Å². The van der Waals surface area contributed by atoms with E-state index in [0.29, 0.717) is 24.9 Å². The summed E-state index contributed by atoms with van der Waals surface area (Å²) in [6, 6.07) is 12.3. The number of anilines is 1. The molecular formula is C30H33N5O2. The quantitative estimate of drug-likeness (QED) is 0.447. The molecule has 2 atom stereocenters. The highest BCUT2D eigenvalue weighted by Crippen LogP contribution is 2.37. The average molecular weight is 496 g/mol. The predicted octanol–water partition coefficient (Wildman–Crippen LogP) is 6.09. The molecule has 0 radical (unpaired) electrons. The fraction of sp³-hybridized carbons (Fsp3) is 0.400. The zero-order valence-electron chi connectivity index (χ0n) is 22.0. The maximum atomic E-state index is 5.96. The molecule has 3 aliphatic rings. The van der Waals surface area contributed by atoms with Crippen LogP contribution in [0.5, 0.6) is 0 Å². The van der Waals surface area contributed by atoms with Crippen molar-refractivity contribution in [2.24, 2.45) is 9.98 Å². The van der Waals surface area contributed by atoms with Crippen molar-refractivity contribution in [1.29, 1.82) is 0 Å². The number of nitrogens with one attached hydrogen (secondary N) is 1. The molecule has 1 aromatic carbocycles. The average Bonchev–Trinajstić information content (AvgIpc) is 3.57. The lowest BCUT2D eigenvalue weighted by atomic mass is 10.1. The van der Waals surface area contributed by atoms with Crippen LogP contribution < -0.4 is 5.32 Å². The van der Waals surface area contributed by atoms with Gasteiger partial charge in [0.1, 0.15) is 23.9 Å². The summed E-state index contributed by atoms with van der Waals surface area (Å²) in [5.41, 5.74) is 9.11. The molecule has 7 heteroatoms. The SMILES string of the molecule is CCO[C@H]1CCc2c(C)cc(N=C3N=C(Nc4cc(C)c5c(n4)[C@@H](OCC)CC5)c4ccccc43)nc21. The monoisotopic (exact) mass is 495 g/mol. The summed E-state index contributed by atoms with van der Waals surface area (Å²) >= 11 is 0. The number of fused-ring (bicyclic) bond motifs is 3. The number of pyridine rings is 2. The molecule has 2 aromatic heterocycles. The Morgan fingerprint density at radius 2 is 1.49 bits per heavy atom. The van der Waals surface area contributed by atoms with Gasteiger partial charge < -0.3 is 14.8 Å². The van der Waals surface area contributed by atoms with Gasteiger partial charge in [0.25, 0.3) is 0 Å². The van der Waals surface area contributed by atoms with E-state index in [9.17, 15) is 0 Å². The number of amidine groups is 2. The van der Waals surface area contributed by atoms with Gasteiger partial charge in [0.15, 0.2) is 11.7 Å². The molecule has 6 rings (SSSR count). The van der Waals surface area contributed by atoms with Gasteiger partial charge in [0.05, 0.1) is 11.4 Å². The van der Waals surface area contributed by atoms with Gasteiger partial charge in [-0.1, -0.05) is 24.3 Å². The van der Waals surface area contributed by atoms with E-state index in [1.54, 1.807) is 0 Å². The van der Waals surface area contributed by atoms with Crippen molar-refractivity contribution in [3.63, 3.8) is 0 Å². The fourth-order valence-electron chi connectivity index (χ4n) is 5.81. The van der Waals surface area contributed by atoms with E-state index in [1.807, 2.05) is 26.0 Å². The van der Waals surface area contributed by atoms with Gasteiger partial charge in [-0.05, 0) is 87.8 Å². The van der Waals surface area contributed by atoms with Gasteiger partial charge >= 0.3 is 0 Å². The van der Waals surface area contributed by atoms with Crippen LogP contribution in [-0.4, -0.2) is 34.9 Å². The van der Waals surface area contributed by atoms with E-state index in [1.165, 1.54) is 22.3 Å². The number of hydrogen-bond acceptors (Lipinski definition) is 6. The Morgan fingerprint density at radius 3 is 2.16 bits per heavy atom. The van der Waals surface area contributed by atoms with E-state index in [-0.39, 0.29) is 12.2 Å². The topological polar surface area (TPSA) is 81.0 Å². The summed E-state index contributed by atoms with van der Waals surface area (Å²) < 4.78 is 11.9. The van der Waals surface area contributed by atoms with Crippen LogP contribution >= 0.6 is 0 Å². The Bertz CT molecular complexity index is 1430. The molecule has 3 aromatic rings. The second kappa shape index (κ2) is 9.80. The maximum Gasteiger partial charge on any atom is 0.164 e. The molecule has 0 saturated carbocycles. The second-order valence-electron chi connectivity index (χ2n) is 9.88. The smallest absolute Gasteiger partial charge is 0.164 e. The standard InChI is InChI=1S/C30H33N5O2/c1-5-36-23-13-11-19-17(3)15-25(31-27(19)23)33-29-21-9-7-8-10-22(21)30(35-29)34-26-16-18(4)20-12-14-24(37-6-2)28(20)32-26/h7-10,15-16,23-24H,5-6,11-14H2,1-4H3,(H,31,32,33,34,35)/t23-,24-/m0/s1. The largest absolute Gasteiger partial charge is 0.372 e. The number of aliphatic imine (C=N–C) groups is 2. The van der Waals surface area contributed by atoms with Gasteiger partial charge in [0, 0.05) is 24.3 Å². The van der Waals surface area contributed by atoms with Crippen LogP contribution in [0.4, 0.5) is 11.6 Å². The number of benzene rings is 1. The third kappa shape index (κ3) is 4.36. The normalized spacial score (nSPS) is 20.6. The zero-order valence-corrected chi connectivity index (χ0v) is 22.0. The van der Waals surface area contributed by atoms with E-state index in [0.717, 1.165) is 59.9 Å². The predicted molar refractivity (Wildman–Crippen MR) is 146 cm³/mol. The van der Waals surface area contributed by atoms with Crippen molar-refractivity contribution >= 4 is 23.3 Å². The summed E-state index contributed by atoms with van der Waals surface area (Å²) in [6.45, 7) is 9.71. The number of aromatic nitrogens is 2. The first-order valence-electron chi connectivity index (χ1n) is 13.3. The summed E-state index contributed by atoms with van der Waals surface area (Å²) in [5, 5.41) is 3.48. The third-order valence-electron chi connectivity index (χ3n) is 7.51. The highest BCUT2D eigenvalue weighted by atomic mass is 16.5. The van der Waals surface area contributed by atoms with E-state index < -0.39 is 0 Å². The minimum Gasteiger partial charge on any atom is -0.372 e. The van der Waals surface area contributed by atoms with Crippen LogP contribution in [0.25, 0.3) is 0 Å². The van der Waals surface area contributed by atoms with Crippen LogP contribution in [-0.2, 0) is 22.3 Å². The zero-order chi connectivity index (χ0) is 25.5. The Morgan fingerprint density at radius 1 is 0.865 bits per heavy atom. The van der Waals surface area contributed by atoms with E-state index >= 15 is 0 Å². The van der Waals surface area contributed by atoms with E-state index in [4.69, 9.17) is 29.4 Å². The molecule has 3 heterocycles. The van der Waals surface area contributed by atoms with Gasteiger partial charge in [-0.15, -0.1) is 0 Å². The molecule has 2 aliphatic carbocycles. The molecule has 37 heavy (non-hydrogen) atoms. The fourth-order valence-corrected chi connectivity index (χ4v) is 5.81. The lowest BCUT2D eigenvalue weighted by Gasteiger charge is -2.14. The van der Waals surface area contributed by atoms with Gasteiger partial charge in [-0.25, -0.2) is 20.0 Å². The van der Waals surface area contributed by atoms with Crippen molar-refractivity contribution in [1.82, 2.24) is 9.97 Å². The Balaban J connectivity index is 1.35. The van der Waals surface area contributed by atoms with Crippen LogP contribution in [0.15, 0.2) is 46.4 Å². The number of hydrogen-bond donors (Lipinski definition) is 1. The molecule has 190 valence electrons. The molecule has 0 fully saturated rings. The second-order valence-corrected chi connectivity index (χ2v) is 9.88. The highest BCUT2D eigenvalue weighted by molar-refractivity contribution is 6.26. The van der Waals surface area contributed by atoms with Crippen molar-refractivity contribution in [3.05, 3.63) is 81.2 Å².